The maximum Gasteiger partial charge on any atom is 0.417 e. The van der Waals surface area contributed by atoms with Gasteiger partial charge in [0.15, 0.2) is 0 Å². The summed E-state index contributed by atoms with van der Waals surface area (Å²) >= 11 is 0. The first-order chi connectivity index (χ1) is 12.9. The van der Waals surface area contributed by atoms with Crippen LogP contribution in [0, 0.1) is 0 Å². The van der Waals surface area contributed by atoms with Crippen molar-refractivity contribution in [1.82, 2.24) is 9.88 Å². The predicted molar refractivity (Wildman–Crippen MR) is 95.0 cm³/mol. The van der Waals surface area contributed by atoms with Crippen molar-refractivity contribution in [1.29, 1.82) is 0 Å². The second-order valence-electron chi connectivity index (χ2n) is 6.00. The minimum atomic E-state index is -4.72. The quantitative estimate of drug-likeness (QED) is 0.737. The average Bonchev–Trinajstić information content (AvgIpc) is 2.66. The highest BCUT2D eigenvalue weighted by Crippen LogP contribution is 2.37. The lowest BCUT2D eigenvalue weighted by molar-refractivity contribution is -0.136. The Morgan fingerprint density at radius 3 is 2.37 bits per heavy atom. The number of carbonyl (C=O) groups is 1. The highest BCUT2D eigenvalue weighted by molar-refractivity contribution is 6.00. The first-order valence-corrected chi connectivity index (χ1v) is 8.31. The van der Waals surface area contributed by atoms with Crippen molar-refractivity contribution in [2.24, 2.45) is 0 Å². The van der Waals surface area contributed by atoms with Crippen LogP contribution in [0.5, 0.6) is 0 Å². The third-order valence-corrected chi connectivity index (χ3v) is 4.16. The number of fused-ring (bicyclic) bond motifs is 1. The zero-order chi connectivity index (χ0) is 19.4. The minimum Gasteiger partial charge on any atom is -0.395 e. The standard InChI is InChI=1S/C20H17F3N2O2/c21-20(22,23)18-15-8-4-5-9-17(15)24-12-16(18)19(27)25(10-11-26)13-14-6-2-1-3-7-14/h1-9,12,26H,10-11,13H2. The van der Waals surface area contributed by atoms with Crippen LogP contribution >= 0.6 is 0 Å². The van der Waals surface area contributed by atoms with Crippen LogP contribution in [0.2, 0.25) is 0 Å². The van der Waals surface area contributed by atoms with Crippen LogP contribution < -0.4 is 0 Å². The van der Waals surface area contributed by atoms with Crippen molar-refractivity contribution in [3.63, 3.8) is 0 Å². The molecule has 1 amide bonds. The van der Waals surface area contributed by atoms with Crippen molar-refractivity contribution in [2.75, 3.05) is 13.2 Å². The minimum absolute atomic E-state index is 0.0855. The van der Waals surface area contributed by atoms with E-state index in [-0.39, 0.29) is 30.6 Å². The molecule has 3 aromatic rings. The molecular formula is C20H17F3N2O2. The number of benzene rings is 2. The maximum absolute atomic E-state index is 13.8. The largest absolute Gasteiger partial charge is 0.417 e. The van der Waals surface area contributed by atoms with Gasteiger partial charge < -0.3 is 10.0 Å². The van der Waals surface area contributed by atoms with E-state index in [1.807, 2.05) is 0 Å². The highest BCUT2D eigenvalue weighted by Gasteiger charge is 2.38. The average molecular weight is 374 g/mol. The van der Waals surface area contributed by atoms with Crippen molar-refractivity contribution in [3.05, 3.63) is 77.5 Å². The molecule has 0 aliphatic rings. The molecule has 3 rings (SSSR count). The van der Waals surface area contributed by atoms with Gasteiger partial charge in [0.25, 0.3) is 5.91 Å². The lowest BCUT2D eigenvalue weighted by Crippen LogP contribution is -2.34. The third-order valence-electron chi connectivity index (χ3n) is 4.16. The van der Waals surface area contributed by atoms with Gasteiger partial charge in [0.05, 0.1) is 23.3 Å². The van der Waals surface area contributed by atoms with Crippen LogP contribution in [0.1, 0.15) is 21.5 Å². The molecular weight excluding hydrogens is 357 g/mol. The Morgan fingerprint density at radius 1 is 1.04 bits per heavy atom. The first-order valence-electron chi connectivity index (χ1n) is 8.31. The summed E-state index contributed by atoms with van der Waals surface area (Å²) in [5.41, 5.74) is -0.612. The molecule has 1 N–H and O–H groups in total. The molecule has 1 heterocycles. The van der Waals surface area contributed by atoms with Gasteiger partial charge in [-0.2, -0.15) is 13.2 Å². The molecule has 0 unspecified atom stereocenters. The smallest absolute Gasteiger partial charge is 0.395 e. The molecule has 7 heteroatoms. The van der Waals surface area contributed by atoms with Crippen molar-refractivity contribution in [3.8, 4) is 0 Å². The number of amides is 1. The number of nitrogens with zero attached hydrogens (tertiary/aromatic N) is 2. The lowest BCUT2D eigenvalue weighted by atomic mass is 10.0. The molecule has 0 saturated carbocycles. The first kappa shape index (κ1) is 18.8. The number of rotatable bonds is 5. The molecule has 0 fully saturated rings. The van der Waals surface area contributed by atoms with Gasteiger partial charge in [-0.25, -0.2) is 0 Å². The number of pyridine rings is 1. The Bertz CT molecular complexity index is 943. The fourth-order valence-electron chi connectivity index (χ4n) is 2.96. The summed E-state index contributed by atoms with van der Waals surface area (Å²) in [7, 11) is 0. The Morgan fingerprint density at radius 2 is 1.70 bits per heavy atom. The molecule has 0 spiro atoms. The van der Waals surface area contributed by atoms with Gasteiger partial charge in [-0.3, -0.25) is 9.78 Å². The van der Waals surface area contributed by atoms with Crippen LogP contribution in [0.4, 0.5) is 13.2 Å². The Kier molecular flexibility index (Phi) is 5.41. The fourth-order valence-corrected chi connectivity index (χ4v) is 2.96. The maximum atomic E-state index is 13.8. The molecule has 0 radical (unpaired) electrons. The van der Waals surface area contributed by atoms with Gasteiger partial charge in [0.2, 0.25) is 0 Å². The summed E-state index contributed by atoms with van der Waals surface area (Å²) in [4.78, 5) is 18.1. The van der Waals surface area contributed by atoms with Gasteiger partial charge in [-0.05, 0) is 11.6 Å². The zero-order valence-corrected chi connectivity index (χ0v) is 14.3. The molecule has 0 atom stereocenters. The third kappa shape index (κ3) is 4.09. The molecule has 0 aliphatic heterocycles. The number of aliphatic hydroxyl groups excluding tert-OH is 1. The normalized spacial score (nSPS) is 11.6. The van der Waals surface area contributed by atoms with E-state index in [2.05, 4.69) is 4.98 Å². The van der Waals surface area contributed by atoms with E-state index in [0.29, 0.717) is 0 Å². The predicted octanol–water partition coefficient (Wildman–Crippen LogP) is 3.89. The number of carbonyl (C=O) groups excluding carboxylic acids is 1. The summed E-state index contributed by atoms with van der Waals surface area (Å²) in [6, 6.07) is 14.7. The van der Waals surface area contributed by atoms with E-state index in [4.69, 9.17) is 0 Å². The molecule has 4 nitrogen and oxygen atoms in total. The van der Waals surface area contributed by atoms with Crippen LogP contribution in [0.25, 0.3) is 10.9 Å². The van der Waals surface area contributed by atoms with Crippen LogP contribution in [-0.2, 0) is 12.7 Å². The molecule has 27 heavy (non-hydrogen) atoms. The molecule has 2 aromatic carbocycles. The van der Waals surface area contributed by atoms with Gasteiger partial charge in [0.1, 0.15) is 0 Å². The van der Waals surface area contributed by atoms with E-state index < -0.39 is 23.2 Å². The second kappa shape index (κ2) is 7.75. The van der Waals surface area contributed by atoms with Crippen molar-refractivity contribution >= 4 is 16.8 Å². The van der Waals surface area contributed by atoms with Crippen LogP contribution in [-0.4, -0.2) is 34.0 Å². The van der Waals surface area contributed by atoms with E-state index in [1.54, 1.807) is 36.4 Å². The number of aliphatic hydroxyl groups is 1. The van der Waals surface area contributed by atoms with Gasteiger partial charge in [-0.15, -0.1) is 0 Å². The topological polar surface area (TPSA) is 53.4 Å². The fraction of sp³-hybridized carbons (Fsp3) is 0.200. The Balaban J connectivity index is 2.07. The number of hydrogen-bond donors (Lipinski definition) is 1. The van der Waals surface area contributed by atoms with Gasteiger partial charge in [0, 0.05) is 24.7 Å². The molecule has 0 saturated heterocycles. The number of alkyl halides is 3. The summed E-state index contributed by atoms with van der Waals surface area (Å²) in [6.45, 7) is -0.358. The lowest BCUT2D eigenvalue weighted by Gasteiger charge is -2.24. The van der Waals surface area contributed by atoms with Crippen LogP contribution in [0.15, 0.2) is 60.8 Å². The van der Waals surface area contributed by atoms with Crippen molar-refractivity contribution in [2.45, 2.75) is 12.7 Å². The zero-order valence-electron chi connectivity index (χ0n) is 14.3. The number of aromatic nitrogens is 1. The molecule has 0 aliphatic carbocycles. The Labute approximate surface area is 153 Å². The summed E-state index contributed by atoms with van der Waals surface area (Å²) in [5, 5.41) is 9.15. The van der Waals surface area contributed by atoms with E-state index >= 15 is 0 Å². The number of halogens is 3. The summed E-state index contributed by atoms with van der Waals surface area (Å²) in [6.07, 6.45) is -3.76. The molecule has 0 bridgehead atoms. The SMILES string of the molecule is O=C(c1cnc2ccccc2c1C(F)(F)F)N(CCO)Cc1ccccc1. The summed E-state index contributed by atoms with van der Waals surface area (Å²) in [5.74, 6) is -0.821. The summed E-state index contributed by atoms with van der Waals surface area (Å²) < 4.78 is 41.3. The van der Waals surface area contributed by atoms with Crippen molar-refractivity contribution < 1.29 is 23.1 Å². The van der Waals surface area contributed by atoms with Crippen LogP contribution in [0.3, 0.4) is 0 Å². The van der Waals surface area contributed by atoms with Gasteiger partial charge in [-0.1, -0.05) is 48.5 Å². The van der Waals surface area contributed by atoms with E-state index in [9.17, 15) is 23.1 Å². The second-order valence-corrected chi connectivity index (χ2v) is 6.00. The van der Waals surface area contributed by atoms with E-state index in [0.717, 1.165) is 11.8 Å². The number of para-hydroxylation sites is 1. The van der Waals surface area contributed by atoms with E-state index in [1.165, 1.54) is 23.1 Å². The molecule has 1 aromatic heterocycles. The Hall–Kier alpha value is -2.93. The monoisotopic (exact) mass is 374 g/mol. The number of hydrogen-bond acceptors (Lipinski definition) is 3. The highest BCUT2D eigenvalue weighted by atomic mass is 19.4. The molecule has 140 valence electrons. The van der Waals surface area contributed by atoms with Gasteiger partial charge >= 0.3 is 6.18 Å².